The Morgan fingerprint density at radius 2 is 1.97 bits per heavy atom. The minimum absolute atomic E-state index is 0.0542. The van der Waals surface area contributed by atoms with Crippen LogP contribution in [-0.4, -0.2) is 56.7 Å². The first kappa shape index (κ1) is 23.2. The molecule has 8 heteroatoms. The Morgan fingerprint density at radius 1 is 1.19 bits per heavy atom. The van der Waals surface area contributed by atoms with Crippen molar-refractivity contribution in [2.24, 2.45) is 4.99 Å². The molecule has 3 N–H and O–H groups in total. The van der Waals surface area contributed by atoms with Gasteiger partial charge in [0.15, 0.2) is 5.96 Å². The van der Waals surface area contributed by atoms with E-state index in [0.29, 0.717) is 19.0 Å². The van der Waals surface area contributed by atoms with E-state index in [-0.39, 0.29) is 5.91 Å². The number of carbonyl (C=O) groups excluding carboxylic acids is 1. The fraction of sp³-hybridized carbons (Fsp3) is 0.478. The Labute approximate surface area is 188 Å². The molecule has 2 heterocycles. The van der Waals surface area contributed by atoms with E-state index in [1.165, 1.54) is 4.88 Å². The first-order valence-corrected chi connectivity index (χ1v) is 11.8. The third-order valence-corrected chi connectivity index (χ3v) is 6.19. The van der Waals surface area contributed by atoms with Crippen molar-refractivity contribution in [1.82, 2.24) is 15.5 Å². The largest absolute Gasteiger partial charge is 0.379 e. The molecule has 31 heavy (non-hydrogen) atoms. The molecule has 1 aliphatic heterocycles. The predicted molar refractivity (Wildman–Crippen MR) is 128 cm³/mol. The van der Waals surface area contributed by atoms with Crippen LogP contribution in [0.25, 0.3) is 0 Å². The van der Waals surface area contributed by atoms with Crippen molar-refractivity contribution in [3.05, 3.63) is 52.2 Å². The molecule has 0 bridgehead atoms. The molecule has 1 fully saturated rings. The monoisotopic (exact) mass is 443 g/mol. The van der Waals surface area contributed by atoms with Crippen LogP contribution in [0.5, 0.6) is 0 Å². The number of hydrogen-bond donors (Lipinski definition) is 3. The number of carbonyl (C=O) groups is 1. The molecule has 0 aliphatic carbocycles. The lowest BCUT2D eigenvalue weighted by Gasteiger charge is -2.34. The smallest absolute Gasteiger partial charge is 0.224 e. The number of nitrogens with one attached hydrogen (secondary N) is 3. The van der Waals surface area contributed by atoms with Crippen molar-refractivity contribution < 1.29 is 9.53 Å². The zero-order valence-corrected chi connectivity index (χ0v) is 19.2. The second-order valence-corrected chi connectivity index (χ2v) is 8.46. The van der Waals surface area contributed by atoms with E-state index in [0.717, 1.165) is 56.5 Å². The van der Waals surface area contributed by atoms with Gasteiger partial charge >= 0.3 is 0 Å². The van der Waals surface area contributed by atoms with Crippen LogP contribution in [0, 0.1) is 0 Å². The first-order chi connectivity index (χ1) is 15.2. The lowest BCUT2D eigenvalue weighted by Crippen LogP contribution is -2.46. The molecule has 1 saturated heterocycles. The van der Waals surface area contributed by atoms with Crippen molar-refractivity contribution in [1.29, 1.82) is 0 Å². The lowest BCUT2D eigenvalue weighted by molar-refractivity contribution is -0.116. The average molecular weight is 444 g/mol. The number of ether oxygens (including phenoxy) is 1. The van der Waals surface area contributed by atoms with Crippen LogP contribution < -0.4 is 16.0 Å². The zero-order valence-electron chi connectivity index (χ0n) is 18.4. The van der Waals surface area contributed by atoms with Crippen molar-refractivity contribution in [2.75, 3.05) is 45.2 Å². The van der Waals surface area contributed by atoms with Crippen LogP contribution in [0.3, 0.4) is 0 Å². The van der Waals surface area contributed by atoms with Crippen LogP contribution in [0.1, 0.15) is 36.2 Å². The number of guanidine groups is 1. The van der Waals surface area contributed by atoms with Crippen molar-refractivity contribution >= 4 is 28.9 Å². The predicted octanol–water partition coefficient (Wildman–Crippen LogP) is 3.23. The summed E-state index contributed by atoms with van der Waals surface area (Å²) in [4.78, 5) is 19.9. The van der Waals surface area contributed by atoms with E-state index < -0.39 is 0 Å². The summed E-state index contributed by atoms with van der Waals surface area (Å²) in [6, 6.07) is 12.5. The number of morpholine rings is 1. The number of nitrogens with zero attached hydrogens (tertiary/aromatic N) is 2. The second kappa shape index (κ2) is 12.4. The fourth-order valence-electron chi connectivity index (χ4n) is 3.54. The Balaban J connectivity index is 1.51. The lowest BCUT2D eigenvalue weighted by atomic mass is 10.2. The minimum Gasteiger partial charge on any atom is -0.379 e. The highest BCUT2D eigenvalue weighted by Gasteiger charge is 2.23. The third kappa shape index (κ3) is 7.34. The van der Waals surface area contributed by atoms with E-state index >= 15 is 0 Å². The quantitative estimate of drug-likeness (QED) is 0.410. The summed E-state index contributed by atoms with van der Waals surface area (Å²) in [5.74, 6) is 0.827. The van der Waals surface area contributed by atoms with E-state index in [1.54, 1.807) is 18.4 Å². The Kier molecular flexibility index (Phi) is 9.33. The van der Waals surface area contributed by atoms with Gasteiger partial charge in [-0.25, -0.2) is 0 Å². The molecule has 3 rings (SSSR count). The highest BCUT2D eigenvalue weighted by atomic mass is 32.1. The summed E-state index contributed by atoms with van der Waals surface area (Å²) < 4.78 is 5.53. The summed E-state index contributed by atoms with van der Waals surface area (Å²) in [6.45, 7) is 6.88. The van der Waals surface area contributed by atoms with Gasteiger partial charge in [-0.2, -0.15) is 0 Å². The van der Waals surface area contributed by atoms with E-state index in [2.05, 4.69) is 43.4 Å². The number of rotatable bonds is 9. The maximum Gasteiger partial charge on any atom is 0.224 e. The standard InChI is InChI=1S/C23H33N5O2S/c1-3-5-22(29)27-19-9-7-18(8-10-19)16-25-23(24-2)26-17-20(21-6-4-15-31-21)28-11-13-30-14-12-28/h4,6-10,15,20H,3,5,11-14,16-17H2,1-2H3,(H,27,29)(H2,24,25,26). The van der Waals surface area contributed by atoms with Crippen molar-refractivity contribution in [3.63, 3.8) is 0 Å². The average Bonchev–Trinajstić information content (AvgIpc) is 3.32. The van der Waals surface area contributed by atoms with Crippen LogP contribution in [0.15, 0.2) is 46.8 Å². The Bertz CT molecular complexity index is 817. The van der Waals surface area contributed by atoms with Gasteiger partial charge in [0.2, 0.25) is 5.91 Å². The third-order valence-electron chi connectivity index (χ3n) is 5.22. The molecule has 1 aromatic heterocycles. The topological polar surface area (TPSA) is 78.0 Å². The highest BCUT2D eigenvalue weighted by Crippen LogP contribution is 2.25. The number of hydrogen-bond acceptors (Lipinski definition) is 5. The molecule has 7 nitrogen and oxygen atoms in total. The summed E-state index contributed by atoms with van der Waals surface area (Å²) >= 11 is 1.79. The molecule has 2 aromatic rings. The summed E-state index contributed by atoms with van der Waals surface area (Å²) in [5.41, 5.74) is 1.95. The Morgan fingerprint density at radius 3 is 2.61 bits per heavy atom. The van der Waals surface area contributed by atoms with E-state index in [1.807, 2.05) is 31.2 Å². The van der Waals surface area contributed by atoms with E-state index in [9.17, 15) is 4.79 Å². The van der Waals surface area contributed by atoms with Crippen LogP contribution in [0.2, 0.25) is 0 Å². The zero-order chi connectivity index (χ0) is 21.9. The van der Waals surface area contributed by atoms with Gasteiger partial charge in [-0.15, -0.1) is 11.3 Å². The maximum atomic E-state index is 11.7. The fourth-order valence-corrected chi connectivity index (χ4v) is 4.40. The first-order valence-electron chi connectivity index (χ1n) is 10.9. The molecule has 168 valence electrons. The van der Waals surface area contributed by atoms with Gasteiger partial charge in [-0.05, 0) is 35.6 Å². The molecule has 1 amide bonds. The maximum absolute atomic E-state index is 11.7. The van der Waals surface area contributed by atoms with Crippen LogP contribution >= 0.6 is 11.3 Å². The van der Waals surface area contributed by atoms with Crippen LogP contribution in [-0.2, 0) is 16.1 Å². The SMILES string of the molecule is CCCC(=O)Nc1ccc(CNC(=NC)NCC(c2cccs2)N2CCOCC2)cc1. The van der Waals surface area contributed by atoms with Gasteiger partial charge in [-0.1, -0.05) is 25.1 Å². The molecule has 0 radical (unpaired) electrons. The van der Waals surface area contributed by atoms with Crippen molar-refractivity contribution in [3.8, 4) is 0 Å². The van der Waals surface area contributed by atoms with Crippen LogP contribution in [0.4, 0.5) is 5.69 Å². The summed E-state index contributed by atoms with van der Waals surface area (Å²) in [7, 11) is 1.79. The number of anilines is 1. The van der Waals surface area contributed by atoms with Crippen molar-refractivity contribution in [2.45, 2.75) is 32.4 Å². The highest BCUT2D eigenvalue weighted by molar-refractivity contribution is 7.10. The van der Waals surface area contributed by atoms with Gasteiger partial charge < -0.3 is 20.7 Å². The molecule has 1 aliphatic rings. The molecule has 0 saturated carbocycles. The molecular formula is C23H33N5O2S. The minimum atomic E-state index is 0.0542. The molecule has 1 aromatic carbocycles. The molecule has 1 atom stereocenters. The second-order valence-electron chi connectivity index (χ2n) is 7.48. The van der Waals surface area contributed by atoms with Gasteiger partial charge in [0.25, 0.3) is 0 Å². The van der Waals surface area contributed by atoms with Gasteiger partial charge in [0.05, 0.1) is 19.3 Å². The number of amides is 1. The number of thiophene rings is 1. The molecule has 1 unspecified atom stereocenters. The molecule has 0 spiro atoms. The molecular weight excluding hydrogens is 410 g/mol. The van der Waals surface area contributed by atoms with E-state index in [4.69, 9.17) is 4.74 Å². The number of benzene rings is 1. The van der Waals surface area contributed by atoms with Gasteiger partial charge in [-0.3, -0.25) is 14.7 Å². The summed E-state index contributed by atoms with van der Waals surface area (Å²) in [6.07, 6.45) is 1.39. The normalized spacial score (nSPS) is 16.0. The summed E-state index contributed by atoms with van der Waals surface area (Å²) in [5, 5.41) is 11.9. The van der Waals surface area contributed by atoms with Gasteiger partial charge in [0.1, 0.15) is 0 Å². The Hall–Kier alpha value is -2.42. The van der Waals surface area contributed by atoms with Gasteiger partial charge in [0, 0.05) is 50.2 Å². The number of aliphatic imine (C=N–C) groups is 1.